The Morgan fingerprint density at radius 3 is 2.69 bits per heavy atom. The molecule has 0 amide bonds. The van der Waals surface area contributed by atoms with E-state index in [1.165, 1.54) is 0 Å². The lowest BCUT2D eigenvalue weighted by molar-refractivity contribution is -0.525. The van der Waals surface area contributed by atoms with Gasteiger partial charge in [0, 0.05) is 37.4 Å². The topological polar surface area (TPSA) is 171 Å². The van der Waals surface area contributed by atoms with Crippen LogP contribution in [0.4, 0.5) is 0 Å². The Balaban J connectivity index is 2.52. The molecule has 11 heteroatoms. The summed E-state index contributed by atoms with van der Waals surface area (Å²) in [7, 11) is 0. The molecular formula is C18H31N7O4. The number of esters is 1. The summed E-state index contributed by atoms with van der Waals surface area (Å²) in [6, 6.07) is 4.54. The Morgan fingerprint density at radius 1 is 1.38 bits per heavy atom. The third-order valence-corrected chi connectivity index (χ3v) is 3.68. The van der Waals surface area contributed by atoms with Gasteiger partial charge < -0.3 is 21.5 Å². The number of pyridine rings is 1. The van der Waals surface area contributed by atoms with E-state index in [0.717, 1.165) is 18.7 Å². The van der Waals surface area contributed by atoms with Gasteiger partial charge in [-0.05, 0) is 45.7 Å². The van der Waals surface area contributed by atoms with E-state index in [9.17, 15) is 14.9 Å². The van der Waals surface area contributed by atoms with Crippen LogP contribution in [-0.4, -0.2) is 52.7 Å². The summed E-state index contributed by atoms with van der Waals surface area (Å²) in [4.78, 5) is 31.0. The molecule has 0 radical (unpaired) electrons. The number of aromatic nitrogens is 1. The molecule has 0 aliphatic rings. The quantitative estimate of drug-likeness (QED) is 0.0989. The second kappa shape index (κ2) is 11.9. The first kappa shape index (κ1) is 24.2. The van der Waals surface area contributed by atoms with Gasteiger partial charge in [-0.25, -0.2) is 19.9 Å². The van der Waals surface area contributed by atoms with E-state index < -0.39 is 28.6 Å². The number of nitrogens with one attached hydrogen (secondary N) is 2. The van der Waals surface area contributed by atoms with Crippen molar-refractivity contribution in [3.8, 4) is 0 Å². The molecule has 29 heavy (non-hydrogen) atoms. The summed E-state index contributed by atoms with van der Waals surface area (Å²) in [5, 5.41) is 12.9. The lowest BCUT2D eigenvalue weighted by atomic mass is 10.1. The number of nitrogens with two attached hydrogens (primary N) is 2. The van der Waals surface area contributed by atoms with Crippen LogP contribution in [0.2, 0.25) is 0 Å². The number of rotatable bonds is 11. The maximum absolute atomic E-state index is 12.4. The SMILES string of the molecule is CC(C)(C)OC(=O)C(CC[C@H](N)CNCCc1ccccn1)N=C(N)N[N+](=O)[O-]. The van der Waals surface area contributed by atoms with Crippen LogP contribution in [0, 0.1) is 10.1 Å². The molecule has 1 rings (SSSR count). The fourth-order valence-electron chi connectivity index (χ4n) is 2.42. The van der Waals surface area contributed by atoms with Crippen molar-refractivity contribution in [3.63, 3.8) is 0 Å². The first-order chi connectivity index (χ1) is 13.6. The Kier molecular flexibility index (Phi) is 9.97. The number of nitrogens with zero attached hydrogens (tertiary/aromatic N) is 3. The minimum absolute atomic E-state index is 0.233. The predicted molar refractivity (Wildman–Crippen MR) is 109 cm³/mol. The minimum atomic E-state index is -0.985. The van der Waals surface area contributed by atoms with Gasteiger partial charge in [0.25, 0.3) is 5.96 Å². The third-order valence-electron chi connectivity index (χ3n) is 3.68. The van der Waals surface area contributed by atoms with Crippen LogP contribution < -0.4 is 22.2 Å². The molecule has 162 valence electrons. The van der Waals surface area contributed by atoms with E-state index in [-0.39, 0.29) is 12.5 Å². The fourth-order valence-corrected chi connectivity index (χ4v) is 2.42. The molecule has 1 aromatic rings. The van der Waals surface area contributed by atoms with E-state index in [1.807, 2.05) is 18.2 Å². The lowest BCUT2D eigenvalue weighted by Gasteiger charge is -2.23. The molecule has 6 N–H and O–H groups in total. The summed E-state index contributed by atoms with van der Waals surface area (Å²) < 4.78 is 5.32. The van der Waals surface area contributed by atoms with Crippen molar-refractivity contribution in [2.24, 2.45) is 16.5 Å². The molecule has 1 heterocycles. The van der Waals surface area contributed by atoms with Crippen molar-refractivity contribution in [3.05, 3.63) is 40.2 Å². The zero-order valence-corrected chi connectivity index (χ0v) is 17.1. The van der Waals surface area contributed by atoms with E-state index >= 15 is 0 Å². The highest BCUT2D eigenvalue weighted by Crippen LogP contribution is 2.13. The summed E-state index contributed by atoms with van der Waals surface area (Å²) in [5.74, 6) is -1.08. The van der Waals surface area contributed by atoms with Gasteiger partial charge in [0.1, 0.15) is 5.60 Å². The zero-order valence-electron chi connectivity index (χ0n) is 17.1. The summed E-state index contributed by atoms with van der Waals surface area (Å²) in [5.41, 5.74) is 13.6. The zero-order chi connectivity index (χ0) is 21.9. The molecule has 0 saturated carbocycles. The van der Waals surface area contributed by atoms with Crippen LogP contribution >= 0.6 is 0 Å². The van der Waals surface area contributed by atoms with Gasteiger partial charge in [0.2, 0.25) is 0 Å². The van der Waals surface area contributed by atoms with Gasteiger partial charge in [-0.2, -0.15) is 0 Å². The van der Waals surface area contributed by atoms with E-state index in [4.69, 9.17) is 16.2 Å². The van der Waals surface area contributed by atoms with Crippen LogP contribution in [-0.2, 0) is 16.0 Å². The molecule has 0 fully saturated rings. The average molecular weight is 409 g/mol. The van der Waals surface area contributed by atoms with Gasteiger partial charge >= 0.3 is 5.97 Å². The Labute approximate surface area is 170 Å². The first-order valence-corrected chi connectivity index (χ1v) is 9.40. The van der Waals surface area contributed by atoms with Gasteiger partial charge in [-0.15, -0.1) is 0 Å². The summed E-state index contributed by atoms with van der Waals surface area (Å²) in [6.07, 6.45) is 3.23. The van der Waals surface area contributed by atoms with Crippen LogP contribution in [0.3, 0.4) is 0 Å². The minimum Gasteiger partial charge on any atom is -0.458 e. The highest BCUT2D eigenvalue weighted by atomic mass is 16.7. The van der Waals surface area contributed by atoms with Gasteiger partial charge in [0.05, 0.1) is 0 Å². The molecule has 0 aliphatic carbocycles. The standard InChI is InChI=1S/C18H31N7O4/c1-18(2,3)29-16(26)15(23-17(20)24-25(27)28)8-7-13(19)12-21-11-9-14-6-4-5-10-22-14/h4-6,10,13,15,21H,7-9,11-12,19H2,1-3H3,(H3,20,23,24)/t13-,15?/m0/s1. The molecule has 0 spiro atoms. The fraction of sp³-hybridized carbons (Fsp3) is 0.611. The van der Waals surface area contributed by atoms with Crippen LogP contribution in [0.25, 0.3) is 0 Å². The molecular weight excluding hydrogens is 378 g/mol. The predicted octanol–water partition coefficient (Wildman–Crippen LogP) is 0.128. The Morgan fingerprint density at radius 2 is 2.10 bits per heavy atom. The second-order valence-corrected chi connectivity index (χ2v) is 7.55. The van der Waals surface area contributed by atoms with Crippen molar-refractivity contribution in [1.82, 2.24) is 15.7 Å². The number of hydrogen-bond acceptors (Lipinski definition) is 8. The van der Waals surface area contributed by atoms with Crippen molar-refractivity contribution >= 4 is 11.9 Å². The van der Waals surface area contributed by atoms with E-state index in [2.05, 4.69) is 15.3 Å². The van der Waals surface area contributed by atoms with Crippen molar-refractivity contribution < 1.29 is 14.6 Å². The normalized spacial score (nSPS) is 14.1. The number of carbonyl (C=O) groups is 1. The van der Waals surface area contributed by atoms with Crippen molar-refractivity contribution in [2.45, 2.75) is 57.7 Å². The average Bonchev–Trinajstić information content (AvgIpc) is 2.61. The molecule has 1 unspecified atom stereocenters. The van der Waals surface area contributed by atoms with E-state index in [1.54, 1.807) is 32.4 Å². The summed E-state index contributed by atoms with van der Waals surface area (Å²) >= 11 is 0. The lowest BCUT2D eigenvalue weighted by Crippen LogP contribution is -2.40. The van der Waals surface area contributed by atoms with Crippen LogP contribution in [0.1, 0.15) is 39.3 Å². The monoisotopic (exact) mass is 409 g/mol. The third kappa shape index (κ3) is 11.6. The Hall–Kier alpha value is -2.79. The van der Waals surface area contributed by atoms with Crippen molar-refractivity contribution in [2.75, 3.05) is 13.1 Å². The van der Waals surface area contributed by atoms with Crippen LogP contribution in [0.5, 0.6) is 0 Å². The molecule has 0 aliphatic heterocycles. The second-order valence-electron chi connectivity index (χ2n) is 7.55. The van der Waals surface area contributed by atoms with E-state index in [0.29, 0.717) is 13.0 Å². The van der Waals surface area contributed by atoms with Crippen molar-refractivity contribution in [1.29, 1.82) is 0 Å². The van der Waals surface area contributed by atoms with Gasteiger partial charge in [-0.1, -0.05) is 11.5 Å². The maximum atomic E-state index is 12.4. The van der Waals surface area contributed by atoms with Crippen LogP contribution in [0.15, 0.2) is 29.4 Å². The number of hydrazine groups is 1. The van der Waals surface area contributed by atoms with Gasteiger partial charge in [0.15, 0.2) is 11.1 Å². The summed E-state index contributed by atoms with van der Waals surface area (Å²) in [6.45, 7) is 6.43. The number of hydrogen-bond donors (Lipinski definition) is 4. The molecule has 2 atom stereocenters. The van der Waals surface area contributed by atoms with Gasteiger partial charge in [-0.3, -0.25) is 4.98 Å². The molecule has 0 saturated heterocycles. The first-order valence-electron chi connectivity index (χ1n) is 9.40. The number of guanidine groups is 1. The number of ether oxygens (including phenoxy) is 1. The highest BCUT2D eigenvalue weighted by molar-refractivity contribution is 5.83. The maximum Gasteiger partial charge on any atom is 0.331 e. The number of carbonyl (C=O) groups excluding carboxylic acids is 1. The molecule has 0 aromatic carbocycles. The largest absolute Gasteiger partial charge is 0.458 e. The smallest absolute Gasteiger partial charge is 0.331 e. The number of aliphatic imine (C=N–C) groups is 1. The molecule has 1 aromatic heterocycles. The molecule has 0 bridgehead atoms. The molecule has 11 nitrogen and oxygen atoms in total. The number of nitro groups is 1. The Bertz CT molecular complexity index is 677. The highest BCUT2D eigenvalue weighted by Gasteiger charge is 2.26.